The zero-order chi connectivity index (χ0) is 19.2. The van der Waals surface area contributed by atoms with Crippen LogP contribution in [0.5, 0.6) is 0 Å². The highest BCUT2D eigenvalue weighted by molar-refractivity contribution is 6.30. The Morgan fingerprint density at radius 1 is 0.893 bits per heavy atom. The van der Waals surface area contributed by atoms with Crippen molar-refractivity contribution in [3.05, 3.63) is 69.7 Å². The van der Waals surface area contributed by atoms with Crippen molar-refractivity contribution in [1.82, 2.24) is 9.80 Å². The van der Waals surface area contributed by atoms with E-state index in [1.165, 1.54) is 0 Å². The van der Waals surface area contributed by atoms with Gasteiger partial charge in [0.25, 0.3) is 0 Å². The summed E-state index contributed by atoms with van der Waals surface area (Å²) in [5.74, 6) is 0. The molecule has 0 aliphatic carbocycles. The monoisotopic (exact) mass is 444 g/mol. The third-order valence-electron chi connectivity index (χ3n) is 4.87. The van der Waals surface area contributed by atoms with Crippen molar-refractivity contribution in [2.75, 3.05) is 46.4 Å². The second-order valence-corrected chi connectivity index (χ2v) is 7.95. The van der Waals surface area contributed by atoms with E-state index in [9.17, 15) is 5.11 Å². The van der Waals surface area contributed by atoms with Crippen LogP contribution in [0.25, 0.3) is 0 Å². The number of likely N-dealkylation sites (N-methyl/N-ethyl adjacent to an activating group) is 1. The van der Waals surface area contributed by atoms with Crippen LogP contribution in [0.3, 0.4) is 0 Å². The summed E-state index contributed by atoms with van der Waals surface area (Å²) in [5.41, 5.74) is 1.99. The fourth-order valence-electron chi connectivity index (χ4n) is 3.25. The van der Waals surface area contributed by atoms with Crippen LogP contribution >= 0.6 is 35.6 Å². The number of benzene rings is 2. The van der Waals surface area contributed by atoms with E-state index in [4.69, 9.17) is 27.9 Å². The Balaban J connectivity index is 0.00000280. The molecule has 0 aromatic heterocycles. The number of piperazine rings is 1. The number of halogens is 3. The van der Waals surface area contributed by atoms with Crippen molar-refractivity contribution in [3.8, 4) is 0 Å². The number of aliphatic hydroxyl groups is 1. The van der Waals surface area contributed by atoms with Gasteiger partial charge in [-0.2, -0.15) is 0 Å². The predicted molar refractivity (Wildman–Crippen MR) is 118 cm³/mol. The van der Waals surface area contributed by atoms with Crippen molar-refractivity contribution in [1.29, 1.82) is 0 Å². The van der Waals surface area contributed by atoms with Gasteiger partial charge in [0, 0.05) is 42.8 Å². The molecule has 1 heterocycles. The van der Waals surface area contributed by atoms with Crippen LogP contribution in [-0.4, -0.2) is 67.4 Å². The van der Waals surface area contributed by atoms with Gasteiger partial charge in [0.15, 0.2) is 0 Å². The molecule has 1 fully saturated rings. The van der Waals surface area contributed by atoms with Gasteiger partial charge in [-0.3, -0.25) is 4.90 Å². The maximum atomic E-state index is 10.5. The van der Waals surface area contributed by atoms with E-state index >= 15 is 0 Å². The Hall–Kier alpha value is -0.850. The van der Waals surface area contributed by atoms with Gasteiger partial charge < -0.3 is 14.7 Å². The first kappa shape index (κ1) is 23.4. The molecular formula is C21H27Cl3N2O2. The lowest BCUT2D eigenvalue weighted by Gasteiger charge is -2.33. The summed E-state index contributed by atoms with van der Waals surface area (Å²) in [6.45, 7) is 4.91. The average molecular weight is 446 g/mol. The van der Waals surface area contributed by atoms with E-state index in [1.54, 1.807) is 0 Å². The van der Waals surface area contributed by atoms with Crippen molar-refractivity contribution >= 4 is 35.6 Å². The molecule has 1 aliphatic heterocycles. The molecule has 4 nitrogen and oxygen atoms in total. The molecule has 1 unspecified atom stereocenters. The van der Waals surface area contributed by atoms with Crippen molar-refractivity contribution < 1.29 is 9.84 Å². The van der Waals surface area contributed by atoms with Gasteiger partial charge in [0.2, 0.25) is 0 Å². The van der Waals surface area contributed by atoms with Crippen LogP contribution < -0.4 is 0 Å². The largest absolute Gasteiger partial charge is 0.389 e. The summed E-state index contributed by atoms with van der Waals surface area (Å²) in [7, 11) is 2.12. The van der Waals surface area contributed by atoms with Crippen LogP contribution in [0.4, 0.5) is 0 Å². The lowest BCUT2D eigenvalue weighted by molar-refractivity contribution is -0.0134. The first-order valence-corrected chi connectivity index (χ1v) is 9.98. The molecule has 2 aromatic rings. The minimum absolute atomic E-state index is 0. The Labute approximate surface area is 183 Å². The summed E-state index contributed by atoms with van der Waals surface area (Å²) >= 11 is 12.0. The van der Waals surface area contributed by atoms with Gasteiger partial charge in [-0.1, -0.05) is 47.5 Å². The maximum absolute atomic E-state index is 10.5. The summed E-state index contributed by atoms with van der Waals surface area (Å²) < 4.78 is 6.15. The Kier molecular flexibility index (Phi) is 9.51. The van der Waals surface area contributed by atoms with Gasteiger partial charge in [-0.05, 0) is 42.4 Å². The molecular weight excluding hydrogens is 419 g/mol. The van der Waals surface area contributed by atoms with Crippen LogP contribution in [0.1, 0.15) is 17.2 Å². The molecule has 0 amide bonds. The Morgan fingerprint density at radius 2 is 1.36 bits per heavy atom. The summed E-state index contributed by atoms with van der Waals surface area (Å²) in [6.07, 6.45) is -0.808. The number of nitrogens with zero attached hydrogens (tertiary/aromatic N) is 2. The third kappa shape index (κ3) is 6.89. The molecule has 1 atom stereocenters. The molecule has 0 saturated carbocycles. The molecule has 0 spiro atoms. The molecule has 7 heteroatoms. The molecule has 154 valence electrons. The predicted octanol–water partition coefficient (Wildman–Crippen LogP) is 4.13. The van der Waals surface area contributed by atoms with Gasteiger partial charge in [0.05, 0.1) is 12.7 Å². The lowest BCUT2D eigenvalue weighted by Crippen LogP contribution is -2.47. The zero-order valence-electron chi connectivity index (χ0n) is 15.9. The molecule has 28 heavy (non-hydrogen) atoms. The molecule has 2 aromatic carbocycles. The Bertz CT molecular complexity index is 659. The first-order valence-electron chi connectivity index (χ1n) is 9.23. The number of hydrogen-bond acceptors (Lipinski definition) is 4. The second-order valence-electron chi connectivity index (χ2n) is 7.07. The topological polar surface area (TPSA) is 35.9 Å². The standard InChI is InChI=1S/C21H26Cl2N2O2.ClH/c1-24-10-12-25(13-11-24)14-20(26)15-27-21(16-2-6-18(22)7-3-16)17-4-8-19(23)9-5-17;/h2-9,20-21,26H,10-15H2,1H3;1H. The number of ether oxygens (including phenoxy) is 1. The average Bonchev–Trinajstić information content (AvgIpc) is 2.66. The van der Waals surface area contributed by atoms with Crippen molar-refractivity contribution in [2.45, 2.75) is 12.2 Å². The SMILES string of the molecule is CN1CCN(CC(O)COC(c2ccc(Cl)cc2)c2ccc(Cl)cc2)CC1.Cl. The highest BCUT2D eigenvalue weighted by Crippen LogP contribution is 2.28. The quantitative estimate of drug-likeness (QED) is 0.695. The second kappa shape index (κ2) is 11.4. The number of hydrogen-bond donors (Lipinski definition) is 1. The number of rotatable bonds is 7. The van der Waals surface area contributed by atoms with Crippen LogP contribution in [-0.2, 0) is 4.74 Å². The van der Waals surface area contributed by atoms with E-state index in [0.717, 1.165) is 37.3 Å². The molecule has 1 N–H and O–H groups in total. The van der Waals surface area contributed by atoms with E-state index in [1.807, 2.05) is 48.5 Å². The summed E-state index contributed by atoms with van der Waals surface area (Å²) in [6, 6.07) is 15.2. The maximum Gasteiger partial charge on any atom is 0.108 e. The van der Waals surface area contributed by atoms with Crippen LogP contribution in [0, 0.1) is 0 Å². The van der Waals surface area contributed by atoms with Gasteiger partial charge >= 0.3 is 0 Å². The van der Waals surface area contributed by atoms with E-state index in [2.05, 4.69) is 16.8 Å². The lowest BCUT2D eigenvalue weighted by atomic mass is 10.0. The molecule has 0 bridgehead atoms. The molecule has 1 saturated heterocycles. The zero-order valence-corrected chi connectivity index (χ0v) is 18.3. The van der Waals surface area contributed by atoms with E-state index in [0.29, 0.717) is 16.6 Å². The minimum Gasteiger partial charge on any atom is -0.389 e. The smallest absolute Gasteiger partial charge is 0.108 e. The molecule has 1 aliphatic rings. The fourth-order valence-corrected chi connectivity index (χ4v) is 3.50. The van der Waals surface area contributed by atoms with Gasteiger partial charge in [-0.25, -0.2) is 0 Å². The van der Waals surface area contributed by atoms with Crippen LogP contribution in [0.2, 0.25) is 10.0 Å². The van der Waals surface area contributed by atoms with Crippen molar-refractivity contribution in [2.24, 2.45) is 0 Å². The third-order valence-corrected chi connectivity index (χ3v) is 5.37. The Morgan fingerprint density at radius 3 is 1.82 bits per heavy atom. The van der Waals surface area contributed by atoms with E-state index < -0.39 is 6.10 Å². The molecule has 3 rings (SSSR count). The van der Waals surface area contributed by atoms with Gasteiger partial charge in [0.1, 0.15) is 6.10 Å². The normalized spacial score (nSPS) is 16.8. The van der Waals surface area contributed by atoms with Crippen LogP contribution in [0.15, 0.2) is 48.5 Å². The number of aliphatic hydroxyl groups excluding tert-OH is 1. The first-order chi connectivity index (χ1) is 13.0. The molecule has 0 radical (unpaired) electrons. The van der Waals surface area contributed by atoms with E-state index in [-0.39, 0.29) is 25.1 Å². The van der Waals surface area contributed by atoms with Gasteiger partial charge in [-0.15, -0.1) is 12.4 Å². The fraction of sp³-hybridized carbons (Fsp3) is 0.429. The highest BCUT2D eigenvalue weighted by Gasteiger charge is 2.20. The summed E-state index contributed by atoms with van der Waals surface area (Å²) in [4.78, 5) is 4.59. The minimum atomic E-state index is -0.532. The summed E-state index contributed by atoms with van der Waals surface area (Å²) in [5, 5.41) is 11.8. The number of β-amino-alcohol motifs (C(OH)–C–C–N with tert-alkyl or cyclic N) is 1. The highest BCUT2D eigenvalue weighted by atomic mass is 35.5. The van der Waals surface area contributed by atoms with Crippen molar-refractivity contribution in [3.63, 3.8) is 0 Å².